The van der Waals surface area contributed by atoms with E-state index in [1.807, 2.05) is 13.8 Å². The normalized spacial score (nSPS) is 10.7. The number of benzene rings is 1. The zero-order valence-corrected chi connectivity index (χ0v) is 11.9. The number of thioether (sulfide) groups is 1. The molecule has 0 heterocycles. The summed E-state index contributed by atoms with van der Waals surface area (Å²) in [6, 6.07) is 2.93. The molecule has 1 aromatic carbocycles. The van der Waals surface area contributed by atoms with E-state index in [2.05, 4.69) is 11.6 Å². The van der Waals surface area contributed by atoms with E-state index in [1.165, 1.54) is 6.07 Å². The Balaban J connectivity index is 2.71. The van der Waals surface area contributed by atoms with Crippen molar-refractivity contribution in [3.05, 3.63) is 17.9 Å². The predicted molar refractivity (Wildman–Crippen MR) is 78.1 cm³/mol. The molecule has 1 rings (SSSR count). The van der Waals surface area contributed by atoms with E-state index in [4.69, 9.17) is 10.5 Å². The summed E-state index contributed by atoms with van der Waals surface area (Å²) in [4.78, 5) is 0. The lowest BCUT2D eigenvalue weighted by molar-refractivity contribution is 0.231. The maximum Gasteiger partial charge on any atom is 0.167 e. The number of hydrogen-bond acceptors (Lipinski definition) is 4. The maximum atomic E-state index is 13.6. The van der Waals surface area contributed by atoms with Gasteiger partial charge in [0.25, 0.3) is 0 Å². The van der Waals surface area contributed by atoms with Crippen LogP contribution in [-0.4, -0.2) is 24.7 Å². The molecule has 0 aliphatic heterocycles. The van der Waals surface area contributed by atoms with Crippen molar-refractivity contribution in [2.24, 2.45) is 0 Å². The van der Waals surface area contributed by atoms with E-state index in [9.17, 15) is 4.39 Å². The van der Waals surface area contributed by atoms with Gasteiger partial charge in [-0.1, -0.05) is 0 Å². The molecule has 3 N–H and O–H groups in total. The lowest BCUT2D eigenvalue weighted by atomic mass is 10.2. The second-order valence-corrected chi connectivity index (χ2v) is 5.30. The number of rotatable bonds is 7. The summed E-state index contributed by atoms with van der Waals surface area (Å²) >= 11 is 1.80. The standard InChI is InChI=1S/C13H21FN2OS/c1-9(2)17-13-8-12(11(15)7-10(13)14)16-5-4-6-18-3/h7-9,16H,4-6,15H2,1-3H3. The van der Waals surface area contributed by atoms with Crippen molar-refractivity contribution in [3.8, 4) is 5.75 Å². The molecule has 5 heteroatoms. The van der Waals surface area contributed by atoms with Gasteiger partial charge in [-0.3, -0.25) is 0 Å². The molecule has 0 bridgehead atoms. The summed E-state index contributed by atoms with van der Waals surface area (Å²) in [6.07, 6.45) is 3.05. The lowest BCUT2D eigenvalue weighted by Gasteiger charge is -2.15. The zero-order valence-electron chi connectivity index (χ0n) is 11.1. The molecule has 0 amide bonds. The second-order valence-electron chi connectivity index (χ2n) is 4.31. The van der Waals surface area contributed by atoms with Gasteiger partial charge in [0.1, 0.15) is 0 Å². The minimum atomic E-state index is -0.420. The van der Waals surface area contributed by atoms with Crippen molar-refractivity contribution in [2.75, 3.05) is 29.6 Å². The van der Waals surface area contributed by atoms with Crippen molar-refractivity contribution in [1.29, 1.82) is 0 Å². The summed E-state index contributed by atoms with van der Waals surface area (Å²) in [5.74, 6) is 0.908. The molecular weight excluding hydrogens is 251 g/mol. The number of halogens is 1. The summed E-state index contributed by atoms with van der Waals surface area (Å²) in [6.45, 7) is 4.54. The molecule has 0 aromatic heterocycles. The van der Waals surface area contributed by atoms with Crippen LogP contribution in [0.2, 0.25) is 0 Å². The van der Waals surface area contributed by atoms with E-state index in [-0.39, 0.29) is 11.9 Å². The first kappa shape index (κ1) is 15.0. The Bertz CT molecular complexity index is 385. The largest absolute Gasteiger partial charge is 0.488 e. The fourth-order valence-electron chi connectivity index (χ4n) is 1.51. The quantitative estimate of drug-likeness (QED) is 0.590. The Morgan fingerprint density at radius 1 is 1.44 bits per heavy atom. The Kier molecular flexibility index (Phi) is 6.12. The van der Waals surface area contributed by atoms with Gasteiger partial charge in [-0.05, 0) is 32.3 Å². The van der Waals surface area contributed by atoms with Crippen molar-refractivity contribution >= 4 is 23.1 Å². The highest BCUT2D eigenvalue weighted by molar-refractivity contribution is 7.98. The van der Waals surface area contributed by atoms with E-state index in [0.29, 0.717) is 5.69 Å². The predicted octanol–water partition coefficient (Wildman–Crippen LogP) is 3.36. The van der Waals surface area contributed by atoms with Gasteiger partial charge in [0.15, 0.2) is 11.6 Å². The number of nitrogen functional groups attached to an aromatic ring is 1. The number of anilines is 2. The van der Waals surface area contributed by atoms with Gasteiger partial charge in [0.2, 0.25) is 0 Å². The van der Waals surface area contributed by atoms with Crippen LogP contribution >= 0.6 is 11.8 Å². The highest BCUT2D eigenvalue weighted by Crippen LogP contribution is 2.28. The van der Waals surface area contributed by atoms with Crippen LogP contribution in [0.25, 0.3) is 0 Å². The summed E-state index contributed by atoms with van der Waals surface area (Å²) in [7, 11) is 0. The van der Waals surface area contributed by atoms with Gasteiger partial charge >= 0.3 is 0 Å². The Morgan fingerprint density at radius 2 is 2.17 bits per heavy atom. The monoisotopic (exact) mass is 272 g/mol. The molecule has 1 aromatic rings. The minimum absolute atomic E-state index is 0.0625. The molecule has 0 unspecified atom stereocenters. The molecule has 0 spiro atoms. The number of ether oxygens (including phenoxy) is 1. The SMILES string of the molecule is CSCCCNc1cc(OC(C)C)c(F)cc1N. The van der Waals surface area contributed by atoms with Crippen LogP contribution < -0.4 is 15.8 Å². The third-order valence-electron chi connectivity index (χ3n) is 2.31. The van der Waals surface area contributed by atoms with Crippen LogP contribution in [0.1, 0.15) is 20.3 Å². The molecule has 0 aliphatic rings. The van der Waals surface area contributed by atoms with Crippen molar-refractivity contribution in [3.63, 3.8) is 0 Å². The Labute approximate surface area is 112 Å². The van der Waals surface area contributed by atoms with Crippen LogP contribution in [-0.2, 0) is 0 Å². The van der Waals surface area contributed by atoms with Gasteiger partial charge in [-0.2, -0.15) is 11.8 Å². The topological polar surface area (TPSA) is 47.3 Å². The fourth-order valence-corrected chi connectivity index (χ4v) is 1.94. The smallest absolute Gasteiger partial charge is 0.167 e. The maximum absolute atomic E-state index is 13.6. The van der Waals surface area contributed by atoms with E-state index >= 15 is 0 Å². The molecule has 3 nitrogen and oxygen atoms in total. The summed E-state index contributed by atoms with van der Waals surface area (Å²) in [5, 5.41) is 3.20. The van der Waals surface area contributed by atoms with Gasteiger partial charge in [-0.15, -0.1) is 0 Å². The van der Waals surface area contributed by atoms with E-state index < -0.39 is 5.82 Å². The fraction of sp³-hybridized carbons (Fsp3) is 0.538. The van der Waals surface area contributed by atoms with E-state index in [0.717, 1.165) is 24.4 Å². The molecular formula is C13H21FN2OS. The summed E-state index contributed by atoms with van der Waals surface area (Å²) < 4.78 is 19.0. The number of hydrogen-bond donors (Lipinski definition) is 2. The zero-order chi connectivity index (χ0) is 13.5. The van der Waals surface area contributed by atoms with Crippen LogP contribution in [0.5, 0.6) is 5.75 Å². The second kappa shape index (κ2) is 7.36. The van der Waals surface area contributed by atoms with Gasteiger partial charge in [-0.25, -0.2) is 4.39 Å². The average Bonchev–Trinajstić information content (AvgIpc) is 2.29. The number of nitrogens with one attached hydrogen (secondary N) is 1. The molecule has 102 valence electrons. The highest BCUT2D eigenvalue weighted by Gasteiger charge is 2.10. The number of nitrogens with two attached hydrogens (primary N) is 1. The van der Waals surface area contributed by atoms with Gasteiger partial charge < -0.3 is 15.8 Å². The molecule has 0 radical (unpaired) electrons. The van der Waals surface area contributed by atoms with Crippen molar-refractivity contribution < 1.29 is 9.13 Å². The third-order valence-corrected chi connectivity index (χ3v) is 3.00. The highest BCUT2D eigenvalue weighted by atomic mass is 32.2. The molecule has 18 heavy (non-hydrogen) atoms. The van der Waals surface area contributed by atoms with Gasteiger partial charge in [0, 0.05) is 18.7 Å². The van der Waals surface area contributed by atoms with Crippen LogP contribution in [0, 0.1) is 5.82 Å². The molecule has 0 aliphatic carbocycles. The van der Waals surface area contributed by atoms with Gasteiger partial charge in [0.05, 0.1) is 17.5 Å². The first-order valence-corrected chi connectivity index (χ1v) is 7.42. The molecule has 0 saturated heterocycles. The van der Waals surface area contributed by atoms with Crippen LogP contribution in [0.3, 0.4) is 0 Å². The first-order chi connectivity index (χ1) is 8.54. The Hall–Kier alpha value is -1.10. The van der Waals surface area contributed by atoms with E-state index in [1.54, 1.807) is 17.8 Å². The van der Waals surface area contributed by atoms with Crippen molar-refractivity contribution in [1.82, 2.24) is 0 Å². The molecule has 0 atom stereocenters. The van der Waals surface area contributed by atoms with Crippen molar-refractivity contribution in [2.45, 2.75) is 26.4 Å². The Morgan fingerprint density at radius 3 is 2.78 bits per heavy atom. The first-order valence-electron chi connectivity index (χ1n) is 6.03. The minimum Gasteiger partial charge on any atom is -0.488 e. The van der Waals surface area contributed by atoms with Crippen LogP contribution in [0.4, 0.5) is 15.8 Å². The van der Waals surface area contributed by atoms with Crippen LogP contribution in [0.15, 0.2) is 12.1 Å². The molecule has 0 saturated carbocycles. The summed E-state index contributed by atoms with van der Waals surface area (Å²) in [5.41, 5.74) is 6.91. The lowest BCUT2D eigenvalue weighted by Crippen LogP contribution is -2.10. The average molecular weight is 272 g/mol. The molecule has 0 fully saturated rings. The third kappa shape index (κ3) is 4.64.